The number of ether oxygens (including phenoxy) is 2. The Morgan fingerprint density at radius 1 is 0.882 bits per heavy atom. The first kappa shape index (κ1) is 24.8. The smallest absolute Gasteiger partial charge is 0.329 e. The lowest BCUT2D eigenvalue weighted by Crippen LogP contribution is -2.32. The number of halogens is 2. The van der Waals surface area contributed by atoms with Crippen LogP contribution in [0, 0.1) is 0 Å². The van der Waals surface area contributed by atoms with E-state index < -0.39 is 11.8 Å². The quantitative estimate of drug-likeness (QED) is 0.183. The molecule has 0 spiro atoms. The Morgan fingerprint density at radius 2 is 1.50 bits per heavy atom. The molecule has 0 bridgehead atoms. The molecule has 0 aliphatic carbocycles. The summed E-state index contributed by atoms with van der Waals surface area (Å²) >= 11 is 12.3. The molecule has 34 heavy (non-hydrogen) atoms. The number of anilines is 1. The van der Waals surface area contributed by atoms with Crippen molar-refractivity contribution in [2.45, 2.75) is 6.61 Å². The van der Waals surface area contributed by atoms with Gasteiger partial charge in [-0.2, -0.15) is 5.10 Å². The number of nitrogens with one attached hydrogen (secondary N) is 2. The highest BCUT2D eigenvalue weighted by Gasteiger charge is 2.13. The Hall–Kier alpha value is -3.81. The van der Waals surface area contributed by atoms with E-state index in [1.807, 2.05) is 0 Å². The summed E-state index contributed by atoms with van der Waals surface area (Å²) in [5.41, 5.74) is 4.03. The minimum atomic E-state index is -0.903. The lowest BCUT2D eigenvalue weighted by Gasteiger charge is -2.09. The molecule has 0 atom stereocenters. The van der Waals surface area contributed by atoms with Crippen LogP contribution in [0.3, 0.4) is 0 Å². The number of rotatable bonds is 9. The third-order valence-corrected chi connectivity index (χ3v) is 5.10. The number of hydrogen-bond acceptors (Lipinski definition) is 5. The van der Waals surface area contributed by atoms with Crippen molar-refractivity contribution < 1.29 is 19.1 Å². The van der Waals surface area contributed by atoms with Crippen LogP contribution in [0.1, 0.15) is 11.1 Å². The number of carbonyl (C=O) groups is 2. The summed E-state index contributed by atoms with van der Waals surface area (Å²) in [6, 6.07) is 18.8. The Balaban J connectivity index is 1.46. The zero-order valence-corrected chi connectivity index (χ0v) is 19.5. The number of hydrogen-bond donors (Lipinski definition) is 2. The molecular formula is C25H21Cl2N3O4. The van der Waals surface area contributed by atoms with E-state index in [-0.39, 0.29) is 6.61 Å². The standard InChI is InChI=1S/C25H21Cl2N3O4/c1-2-14-33-19-12-8-18(9-13-19)29-24(31)25(32)30-28-15-17-6-10-20(11-7-17)34-16-21-22(26)4-3-5-23(21)27/h2-13,15H,1,14,16H2,(H,29,31)(H,30,32)/b28-15-. The molecule has 0 saturated carbocycles. The Morgan fingerprint density at radius 3 is 2.15 bits per heavy atom. The van der Waals surface area contributed by atoms with Gasteiger partial charge in [-0.1, -0.05) is 41.9 Å². The first-order valence-electron chi connectivity index (χ1n) is 10.1. The van der Waals surface area contributed by atoms with Gasteiger partial charge >= 0.3 is 11.8 Å². The van der Waals surface area contributed by atoms with Crippen molar-refractivity contribution in [3.8, 4) is 11.5 Å². The molecule has 0 aliphatic heterocycles. The molecule has 2 N–H and O–H groups in total. The summed E-state index contributed by atoms with van der Waals surface area (Å²) in [6.07, 6.45) is 3.03. The highest BCUT2D eigenvalue weighted by Crippen LogP contribution is 2.26. The molecule has 0 heterocycles. The van der Waals surface area contributed by atoms with Gasteiger partial charge in [0.1, 0.15) is 24.7 Å². The van der Waals surface area contributed by atoms with Crippen LogP contribution in [0.15, 0.2) is 84.5 Å². The lowest BCUT2D eigenvalue weighted by molar-refractivity contribution is -0.136. The van der Waals surface area contributed by atoms with Crippen molar-refractivity contribution in [3.63, 3.8) is 0 Å². The first-order valence-corrected chi connectivity index (χ1v) is 10.9. The summed E-state index contributed by atoms with van der Waals surface area (Å²) in [7, 11) is 0. The summed E-state index contributed by atoms with van der Waals surface area (Å²) in [5, 5.41) is 7.35. The van der Waals surface area contributed by atoms with E-state index in [4.69, 9.17) is 32.7 Å². The van der Waals surface area contributed by atoms with Gasteiger partial charge in [-0.15, -0.1) is 0 Å². The molecule has 0 unspecified atom stereocenters. The number of carbonyl (C=O) groups excluding carboxylic acids is 2. The molecule has 0 fully saturated rings. The molecule has 0 aliphatic rings. The monoisotopic (exact) mass is 497 g/mol. The number of benzene rings is 3. The van der Waals surface area contributed by atoms with Crippen molar-refractivity contribution in [3.05, 3.63) is 101 Å². The van der Waals surface area contributed by atoms with Gasteiger partial charge in [0.25, 0.3) is 0 Å². The molecule has 0 aromatic heterocycles. The van der Waals surface area contributed by atoms with Crippen molar-refractivity contribution in [1.29, 1.82) is 0 Å². The molecular weight excluding hydrogens is 477 g/mol. The maximum atomic E-state index is 12.0. The van der Waals surface area contributed by atoms with Crippen LogP contribution < -0.4 is 20.2 Å². The lowest BCUT2D eigenvalue weighted by atomic mass is 10.2. The average Bonchev–Trinajstić information content (AvgIpc) is 2.84. The second-order valence-corrected chi connectivity index (χ2v) is 7.65. The summed E-state index contributed by atoms with van der Waals surface area (Å²) in [5.74, 6) is -0.521. The molecule has 3 aromatic carbocycles. The van der Waals surface area contributed by atoms with E-state index in [0.29, 0.717) is 45.0 Å². The number of hydrazone groups is 1. The van der Waals surface area contributed by atoms with Crippen LogP contribution in [-0.4, -0.2) is 24.6 Å². The minimum Gasteiger partial charge on any atom is -0.490 e. The van der Waals surface area contributed by atoms with Crippen LogP contribution in [0.4, 0.5) is 5.69 Å². The second kappa shape index (κ2) is 12.4. The Kier molecular flexibility index (Phi) is 9.08. The van der Waals surface area contributed by atoms with Gasteiger partial charge in [0.2, 0.25) is 0 Å². The Labute approximate surface area is 207 Å². The highest BCUT2D eigenvalue weighted by molar-refractivity contribution is 6.39. The van der Waals surface area contributed by atoms with Gasteiger partial charge < -0.3 is 14.8 Å². The maximum Gasteiger partial charge on any atom is 0.329 e. The topological polar surface area (TPSA) is 89.0 Å². The van der Waals surface area contributed by atoms with Crippen LogP contribution in [0.25, 0.3) is 0 Å². The van der Waals surface area contributed by atoms with Crippen LogP contribution in [0.5, 0.6) is 11.5 Å². The summed E-state index contributed by atoms with van der Waals surface area (Å²) < 4.78 is 11.1. The minimum absolute atomic E-state index is 0.224. The van der Waals surface area contributed by atoms with E-state index in [9.17, 15) is 9.59 Å². The van der Waals surface area contributed by atoms with Gasteiger partial charge in [-0.25, -0.2) is 5.43 Å². The van der Waals surface area contributed by atoms with E-state index in [0.717, 1.165) is 0 Å². The summed E-state index contributed by atoms with van der Waals surface area (Å²) in [6.45, 7) is 4.17. The highest BCUT2D eigenvalue weighted by atomic mass is 35.5. The third kappa shape index (κ3) is 7.37. The van der Waals surface area contributed by atoms with Gasteiger partial charge in [0.05, 0.1) is 6.21 Å². The normalized spacial score (nSPS) is 10.5. The fourth-order valence-electron chi connectivity index (χ4n) is 2.67. The van der Waals surface area contributed by atoms with Gasteiger partial charge in [-0.3, -0.25) is 9.59 Å². The molecule has 0 saturated heterocycles. The SMILES string of the molecule is C=CCOc1ccc(NC(=O)C(=O)N/N=C\c2ccc(OCc3c(Cl)cccc3Cl)cc2)cc1. The number of nitrogens with zero attached hydrogens (tertiary/aromatic N) is 1. The first-order chi connectivity index (χ1) is 16.5. The van der Waals surface area contributed by atoms with Crippen LogP contribution >= 0.6 is 23.2 Å². The van der Waals surface area contributed by atoms with E-state index in [2.05, 4.69) is 22.4 Å². The van der Waals surface area contributed by atoms with Crippen molar-refractivity contribution in [2.75, 3.05) is 11.9 Å². The van der Waals surface area contributed by atoms with Crippen molar-refractivity contribution >= 4 is 46.9 Å². The van der Waals surface area contributed by atoms with Crippen molar-refractivity contribution in [2.24, 2.45) is 5.10 Å². The van der Waals surface area contributed by atoms with Crippen LogP contribution in [0.2, 0.25) is 10.0 Å². The zero-order chi connectivity index (χ0) is 24.3. The molecule has 9 heteroatoms. The van der Waals surface area contributed by atoms with E-state index in [1.54, 1.807) is 72.8 Å². The fourth-order valence-corrected chi connectivity index (χ4v) is 3.18. The molecule has 7 nitrogen and oxygen atoms in total. The van der Waals surface area contributed by atoms with E-state index >= 15 is 0 Å². The van der Waals surface area contributed by atoms with Crippen LogP contribution in [-0.2, 0) is 16.2 Å². The fraction of sp³-hybridized carbons (Fsp3) is 0.0800. The zero-order valence-electron chi connectivity index (χ0n) is 18.0. The molecule has 3 rings (SSSR count). The van der Waals surface area contributed by atoms with Gasteiger partial charge in [0, 0.05) is 21.3 Å². The molecule has 0 radical (unpaired) electrons. The second-order valence-electron chi connectivity index (χ2n) is 6.84. The Bertz CT molecular complexity index is 1160. The molecule has 3 aromatic rings. The predicted octanol–water partition coefficient (Wildman–Crippen LogP) is 5.23. The summed E-state index contributed by atoms with van der Waals surface area (Å²) in [4.78, 5) is 24.0. The molecule has 2 amide bonds. The maximum absolute atomic E-state index is 12.0. The molecule has 174 valence electrons. The van der Waals surface area contributed by atoms with Crippen molar-refractivity contribution in [1.82, 2.24) is 5.43 Å². The third-order valence-electron chi connectivity index (χ3n) is 4.39. The van der Waals surface area contributed by atoms with Gasteiger partial charge in [0.15, 0.2) is 0 Å². The average molecular weight is 498 g/mol. The van der Waals surface area contributed by atoms with Gasteiger partial charge in [-0.05, 0) is 66.2 Å². The number of amides is 2. The largest absolute Gasteiger partial charge is 0.490 e. The van der Waals surface area contributed by atoms with E-state index in [1.165, 1.54) is 6.21 Å². The predicted molar refractivity (Wildman–Crippen MR) is 134 cm³/mol.